The lowest BCUT2D eigenvalue weighted by molar-refractivity contribution is -0.124. The quantitative estimate of drug-likeness (QED) is 0.923. The van der Waals surface area contributed by atoms with Crippen molar-refractivity contribution in [3.63, 3.8) is 0 Å². The van der Waals surface area contributed by atoms with Crippen LogP contribution in [0.4, 0.5) is 5.82 Å². The highest BCUT2D eigenvalue weighted by atomic mass is 16.5. The van der Waals surface area contributed by atoms with Crippen LogP contribution < -0.4 is 5.32 Å². The summed E-state index contributed by atoms with van der Waals surface area (Å²) in [6.07, 6.45) is 3.03. The fourth-order valence-electron chi connectivity index (χ4n) is 2.23. The SMILES string of the molecule is Cc1cc(NC(=O)[C@@H]2CCCO2)n(-c2ccccn2)n1. The smallest absolute Gasteiger partial charge is 0.254 e. The minimum absolute atomic E-state index is 0.125. The van der Waals surface area contributed by atoms with Crippen molar-refractivity contribution in [1.82, 2.24) is 14.8 Å². The number of ether oxygens (including phenoxy) is 1. The summed E-state index contributed by atoms with van der Waals surface area (Å²) in [6, 6.07) is 7.38. The summed E-state index contributed by atoms with van der Waals surface area (Å²) in [5.74, 6) is 1.16. The van der Waals surface area contributed by atoms with Crippen molar-refractivity contribution < 1.29 is 9.53 Å². The Hall–Kier alpha value is -2.21. The number of pyridine rings is 1. The molecule has 3 rings (SSSR count). The van der Waals surface area contributed by atoms with Gasteiger partial charge in [0.15, 0.2) is 5.82 Å². The Morgan fingerprint density at radius 3 is 3.10 bits per heavy atom. The van der Waals surface area contributed by atoms with Crippen molar-refractivity contribution in [2.75, 3.05) is 11.9 Å². The highest BCUT2D eigenvalue weighted by molar-refractivity contribution is 5.93. The zero-order chi connectivity index (χ0) is 13.9. The van der Waals surface area contributed by atoms with Gasteiger partial charge in [-0.25, -0.2) is 4.98 Å². The minimum Gasteiger partial charge on any atom is -0.368 e. The molecule has 0 aromatic carbocycles. The van der Waals surface area contributed by atoms with E-state index in [1.165, 1.54) is 0 Å². The molecule has 0 bridgehead atoms. The second kappa shape index (κ2) is 5.42. The summed E-state index contributed by atoms with van der Waals surface area (Å²) in [5, 5.41) is 7.23. The maximum absolute atomic E-state index is 12.1. The second-order valence-corrected chi connectivity index (χ2v) is 4.76. The Morgan fingerprint density at radius 1 is 1.50 bits per heavy atom. The van der Waals surface area contributed by atoms with E-state index < -0.39 is 0 Å². The van der Waals surface area contributed by atoms with Crippen LogP contribution in [0.15, 0.2) is 30.5 Å². The molecule has 1 saturated heterocycles. The van der Waals surface area contributed by atoms with Gasteiger partial charge in [0, 0.05) is 18.9 Å². The topological polar surface area (TPSA) is 69.0 Å². The van der Waals surface area contributed by atoms with Crippen molar-refractivity contribution >= 4 is 11.7 Å². The lowest BCUT2D eigenvalue weighted by Gasteiger charge is -2.11. The molecule has 6 heteroatoms. The van der Waals surface area contributed by atoms with E-state index >= 15 is 0 Å². The number of aryl methyl sites for hydroxylation is 1. The predicted octanol–water partition coefficient (Wildman–Crippen LogP) is 1.69. The van der Waals surface area contributed by atoms with Crippen molar-refractivity contribution in [1.29, 1.82) is 0 Å². The van der Waals surface area contributed by atoms with E-state index in [0.717, 1.165) is 18.5 Å². The van der Waals surface area contributed by atoms with Gasteiger partial charge in [-0.2, -0.15) is 9.78 Å². The third-order valence-corrected chi connectivity index (χ3v) is 3.17. The predicted molar refractivity (Wildman–Crippen MR) is 73.7 cm³/mol. The molecule has 0 unspecified atom stereocenters. The van der Waals surface area contributed by atoms with Gasteiger partial charge in [-0.1, -0.05) is 6.07 Å². The zero-order valence-corrected chi connectivity index (χ0v) is 11.2. The maximum atomic E-state index is 12.1. The van der Waals surface area contributed by atoms with Crippen molar-refractivity contribution in [2.24, 2.45) is 0 Å². The van der Waals surface area contributed by atoms with E-state index in [-0.39, 0.29) is 12.0 Å². The van der Waals surface area contributed by atoms with Gasteiger partial charge in [0.1, 0.15) is 11.9 Å². The van der Waals surface area contributed by atoms with E-state index in [4.69, 9.17) is 4.74 Å². The average molecular weight is 272 g/mol. The van der Waals surface area contributed by atoms with Crippen molar-refractivity contribution in [3.05, 3.63) is 36.2 Å². The van der Waals surface area contributed by atoms with Crippen LogP contribution in [0.5, 0.6) is 0 Å². The third kappa shape index (κ3) is 2.55. The van der Waals surface area contributed by atoms with Gasteiger partial charge in [-0.3, -0.25) is 4.79 Å². The standard InChI is InChI=1S/C14H16N4O2/c1-10-9-13(16-14(19)11-5-4-8-20-11)18(17-10)12-6-2-3-7-15-12/h2-3,6-7,9,11H,4-5,8H2,1H3,(H,16,19)/t11-/m0/s1. The van der Waals surface area contributed by atoms with E-state index in [1.807, 2.05) is 31.2 Å². The van der Waals surface area contributed by atoms with E-state index in [1.54, 1.807) is 10.9 Å². The summed E-state index contributed by atoms with van der Waals surface area (Å²) in [6.45, 7) is 2.53. The number of hydrogen-bond donors (Lipinski definition) is 1. The Kier molecular flexibility index (Phi) is 3.47. The Balaban J connectivity index is 1.84. The fraction of sp³-hybridized carbons (Fsp3) is 0.357. The number of rotatable bonds is 3. The van der Waals surface area contributed by atoms with Crippen molar-refractivity contribution in [3.8, 4) is 5.82 Å². The number of nitrogens with zero attached hydrogens (tertiary/aromatic N) is 3. The molecule has 20 heavy (non-hydrogen) atoms. The van der Waals surface area contributed by atoms with Gasteiger partial charge in [0.2, 0.25) is 0 Å². The molecule has 0 radical (unpaired) electrons. The molecule has 0 spiro atoms. The molecular weight excluding hydrogens is 256 g/mol. The molecule has 6 nitrogen and oxygen atoms in total. The van der Waals surface area contributed by atoms with Gasteiger partial charge < -0.3 is 10.1 Å². The number of carbonyl (C=O) groups excluding carboxylic acids is 1. The molecule has 1 aliphatic rings. The van der Waals surface area contributed by atoms with Crippen LogP contribution in [-0.4, -0.2) is 33.4 Å². The molecule has 104 valence electrons. The Bertz CT molecular complexity index is 603. The molecule has 1 amide bonds. The lowest BCUT2D eigenvalue weighted by Crippen LogP contribution is -2.28. The van der Waals surface area contributed by atoms with Gasteiger partial charge in [0.25, 0.3) is 5.91 Å². The molecule has 2 aromatic heterocycles. The summed E-state index contributed by atoms with van der Waals surface area (Å²) in [4.78, 5) is 16.4. The molecule has 3 heterocycles. The Morgan fingerprint density at radius 2 is 2.40 bits per heavy atom. The minimum atomic E-state index is -0.359. The van der Waals surface area contributed by atoms with Crippen LogP contribution in [0.3, 0.4) is 0 Å². The van der Waals surface area contributed by atoms with Gasteiger partial charge in [-0.05, 0) is 31.9 Å². The number of nitrogens with one attached hydrogen (secondary N) is 1. The summed E-state index contributed by atoms with van der Waals surface area (Å²) in [7, 11) is 0. The zero-order valence-electron chi connectivity index (χ0n) is 11.2. The van der Waals surface area contributed by atoms with Crippen LogP contribution in [0.1, 0.15) is 18.5 Å². The molecule has 1 fully saturated rings. The second-order valence-electron chi connectivity index (χ2n) is 4.76. The molecule has 1 atom stereocenters. The largest absolute Gasteiger partial charge is 0.368 e. The normalized spacial score (nSPS) is 18.1. The lowest BCUT2D eigenvalue weighted by atomic mass is 10.2. The summed E-state index contributed by atoms with van der Waals surface area (Å²) < 4.78 is 7.01. The highest BCUT2D eigenvalue weighted by Gasteiger charge is 2.24. The average Bonchev–Trinajstić information content (AvgIpc) is 3.09. The van der Waals surface area contributed by atoms with E-state index in [9.17, 15) is 4.79 Å². The summed E-state index contributed by atoms with van der Waals surface area (Å²) in [5.41, 5.74) is 0.818. The molecular formula is C14H16N4O2. The van der Waals surface area contributed by atoms with Gasteiger partial charge in [0.05, 0.1) is 5.69 Å². The Labute approximate surface area is 116 Å². The summed E-state index contributed by atoms with van der Waals surface area (Å²) >= 11 is 0. The fourth-order valence-corrected chi connectivity index (χ4v) is 2.23. The van der Waals surface area contributed by atoms with Crippen LogP contribution in [-0.2, 0) is 9.53 Å². The molecule has 2 aromatic rings. The number of anilines is 1. The highest BCUT2D eigenvalue weighted by Crippen LogP contribution is 2.18. The number of hydrogen-bond acceptors (Lipinski definition) is 4. The molecule has 1 aliphatic heterocycles. The number of carbonyl (C=O) groups is 1. The maximum Gasteiger partial charge on any atom is 0.254 e. The van der Waals surface area contributed by atoms with Gasteiger partial charge >= 0.3 is 0 Å². The monoisotopic (exact) mass is 272 g/mol. The molecule has 1 N–H and O–H groups in total. The van der Waals surface area contributed by atoms with Crippen LogP contribution >= 0.6 is 0 Å². The first-order valence-electron chi connectivity index (χ1n) is 6.64. The third-order valence-electron chi connectivity index (χ3n) is 3.17. The van der Waals surface area contributed by atoms with Crippen LogP contribution in [0.2, 0.25) is 0 Å². The van der Waals surface area contributed by atoms with Crippen molar-refractivity contribution in [2.45, 2.75) is 25.9 Å². The number of aromatic nitrogens is 3. The van der Waals surface area contributed by atoms with Crippen LogP contribution in [0.25, 0.3) is 5.82 Å². The molecule has 0 aliphatic carbocycles. The van der Waals surface area contributed by atoms with Crippen LogP contribution in [0, 0.1) is 6.92 Å². The first-order chi connectivity index (χ1) is 9.74. The first-order valence-corrected chi connectivity index (χ1v) is 6.64. The van der Waals surface area contributed by atoms with Gasteiger partial charge in [-0.15, -0.1) is 0 Å². The van der Waals surface area contributed by atoms with E-state index in [0.29, 0.717) is 18.2 Å². The van der Waals surface area contributed by atoms with E-state index in [2.05, 4.69) is 15.4 Å². The molecule has 0 saturated carbocycles. The number of amides is 1. The first kappa shape index (κ1) is 12.8.